The maximum atomic E-state index is 12.7. The van der Waals surface area contributed by atoms with E-state index in [-0.39, 0.29) is 4.75 Å². The van der Waals surface area contributed by atoms with Crippen LogP contribution < -0.4 is 10.6 Å². The van der Waals surface area contributed by atoms with Crippen LogP contribution in [-0.4, -0.2) is 47.5 Å². The van der Waals surface area contributed by atoms with Gasteiger partial charge in [-0.15, -0.1) is 11.8 Å². The van der Waals surface area contributed by atoms with Crippen molar-refractivity contribution in [2.75, 3.05) is 42.6 Å². The molecule has 21 heavy (non-hydrogen) atoms. The van der Waals surface area contributed by atoms with Gasteiger partial charge < -0.3 is 15.5 Å². The zero-order chi connectivity index (χ0) is 14.9. The molecule has 0 aliphatic carbocycles. The Balaban J connectivity index is 1.60. The fourth-order valence-corrected chi connectivity index (χ4v) is 4.42. The highest BCUT2D eigenvalue weighted by atomic mass is 32.2. The van der Waals surface area contributed by atoms with E-state index in [1.54, 1.807) is 0 Å². The standard InChI is InChI=1S/C16H23N3OS/c1-16(7-2-12-21-16)15(20)19-10-8-18(9-11-19)14-5-3-13(17)4-6-14/h3-6H,2,7-12,17H2,1H3. The second-order valence-corrected chi connectivity index (χ2v) is 7.65. The highest BCUT2D eigenvalue weighted by Crippen LogP contribution is 2.39. The first-order valence-electron chi connectivity index (χ1n) is 7.62. The Bertz CT molecular complexity index is 503. The Kier molecular flexibility index (Phi) is 4.02. The third-order valence-corrected chi connectivity index (χ3v) is 6.01. The van der Waals surface area contributed by atoms with Gasteiger partial charge >= 0.3 is 0 Å². The van der Waals surface area contributed by atoms with Crippen LogP contribution in [0.25, 0.3) is 0 Å². The molecular formula is C16H23N3OS. The average Bonchev–Trinajstić information content (AvgIpc) is 2.96. The van der Waals surface area contributed by atoms with Gasteiger partial charge in [-0.1, -0.05) is 0 Å². The number of nitrogen functional groups attached to an aromatic ring is 1. The first kappa shape index (κ1) is 14.6. The van der Waals surface area contributed by atoms with Crippen LogP contribution in [0.5, 0.6) is 0 Å². The molecule has 1 aromatic carbocycles. The molecule has 3 rings (SSSR count). The molecule has 2 N–H and O–H groups in total. The highest BCUT2D eigenvalue weighted by Gasteiger charge is 2.40. The van der Waals surface area contributed by atoms with Crippen molar-refractivity contribution in [1.82, 2.24) is 4.90 Å². The van der Waals surface area contributed by atoms with Crippen LogP contribution in [-0.2, 0) is 4.79 Å². The van der Waals surface area contributed by atoms with Gasteiger partial charge in [0.1, 0.15) is 0 Å². The van der Waals surface area contributed by atoms with Crippen molar-refractivity contribution in [2.24, 2.45) is 0 Å². The van der Waals surface area contributed by atoms with Crippen LogP contribution in [0, 0.1) is 0 Å². The number of nitrogens with two attached hydrogens (primary N) is 1. The van der Waals surface area contributed by atoms with Crippen molar-refractivity contribution < 1.29 is 4.79 Å². The summed E-state index contributed by atoms with van der Waals surface area (Å²) in [5, 5.41) is 0. The van der Waals surface area contributed by atoms with E-state index in [9.17, 15) is 4.79 Å². The number of benzene rings is 1. The lowest BCUT2D eigenvalue weighted by atomic mass is 10.0. The van der Waals surface area contributed by atoms with Crippen molar-refractivity contribution in [3.05, 3.63) is 24.3 Å². The molecule has 2 fully saturated rings. The average molecular weight is 305 g/mol. The monoisotopic (exact) mass is 305 g/mol. The molecule has 2 saturated heterocycles. The van der Waals surface area contributed by atoms with Crippen LogP contribution in [0.4, 0.5) is 11.4 Å². The van der Waals surface area contributed by atoms with Gasteiger partial charge in [0.15, 0.2) is 0 Å². The third kappa shape index (κ3) is 2.98. The van der Waals surface area contributed by atoms with Crippen molar-refractivity contribution in [3.8, 4) is 0 Å². The minimum Gasteiger partial charge on any atom is -0.399 e. The predicted molar refractivity (Wildman–Crippen MR) is 89.7 cm³/mol. The van der Waals surface area contributed by atoms with E-state index in [0.717, 1.165) is 50.5 Å². The number of carbonyl (C=O) groups excluding carboxylic acids is 1. The molecule has 0 saturated carbocycles. The second kappa shape index (κ2) is 5.79. The molecule has 1 unspecified atom stereocenters. The van der Waals surface area contributed by atoms with Crippen molar-refractivity contribution in [1.29, 1.82) is 0 Å². The third-order valence-electron chi connectivity index (χ3n) is 4.50. The Morgan fingerprint density at radius 1 is 1.19 bits per heavy atom. The molecule has 114 valence electrons. The van der Waals surface area contributed by atoms with Crippen LogP contribution in [0.3, 0.4) is 0 Å². The van der Waals surface area contributed by atoms with E-state index in [1.807, 2.05) is 28.8 Å². The van der Waals surface area contributed by atoms with Gasteiger partial charge in [-0.2, -0.15) is 0 Å². The molecule has 0 bridgehead atoms. The molecule has 1 amide bonds. The SMILES string of the molecule is CC1(C(=O)N2CCN(c3ccc(N)cc3)CC2)CCCS1. The lowest BCUT2D eigenvalue weighted by Crippen LogP contribution is -2.53. The van der Waals surface area contributed by atoms with Gasteiger partial charge in [-0.25, -0.2) is 0 Å². The van der Waals surface area contributed by atoms with Gasteiger partial charge in [-0.05, 0) is 49.8 Å². The second-order valence-electron chi connectivity index (χ2n) is 6.05. The van der Waals surface area contributed by atoms with E-state index >= 15 is 0 Å². The zero-order valence-corrected chi connectivity index (χ0v) is 13.4. The number of hydrogen-bond acceptors (Lipinski definition) is 4. The normalized spacial score (nSPS) is 26.1. The molecule has 4 nitrogen and oxygen atoms in total. The van der Waals surface area contributed by atoms with Crippen molar-refractivity contribution in [2.45, 2.75) is 24.5 Å². The summed E-state index contributed by atoms with van der Waals surface area (Å²) in [4.78, 5) is 17.1. The summed E-state index contributed by atoms with van der Waals surface area (Å²) in [6.45, 7) is 5.55. The number of thioether (sulfide) groups is 1. The van der Waals surface area contributed by atoms with Crippen LogP contribution in [0.15, 0.2) is 24.3 Å². The molecule has 2 heterocycles. The van der Waals surface area contributed by atoms with Crippen LogP contribution in [0.2, 0.25) is 0 Å². The molecular weight excluding hydrogens is 282 g/mol. The van der Waals surface area contributed by atoms with Gasteiger partial charge in [0.2, 0.25) is 5.91 Å². The maximum Gasteiger partial charge on any atom is 0.238 e. The Hall–Kier alpha value is -1.36. The summed E-state index contributed by atoms with van der Waals surface area (Å²) < 4.78 is -0.177. The minimum atomic E-state index is -0.177. The Morgan fingerprint density at radius 2 is 1.86 bits per heavy atom. The van der Waals surface area contributed by atoms with Gasteiger partial charge in [0.25, 0.3) is 0 Å². The van der Waals surface area contributed by atoms with Gasteiger partial charge in [-0.3, -0.25) is 4.79 Å². The number of nitrogens with zero attached hydrogens (tertiary/aromatic N) is 2. The minimum absolute atomic E-state index is 0.177. The molecule has 5 heteroatoms. The first-order chi connectivity index (χ1) is 10.1. The fraction of sp³-hybridized carbons (Fsp3) is 0.562. The summed E-state index contributed by atoms with van der Waals surface area (Å²) in [6.07, 6.45) is 2.19. The largest absolute Gasteiger partial charge is 0.399 e. The van der Waals surface area contributed by atoms with Crippen molar-refractivity contribution >= 4 is 29.0 Å². The molecule has 0 aromatic heterocycles. The molecule has 1 atom stereocenters. The number of anilines is 2. The molecule has 1 aromatic rings. The smallest absolute Gasteiger partial charge is 0.238 e. The molecule has 0 spiro atoms. The number of hydrogen-bond donors (Lipinski definition) is 1. The quantitative estimate of drug-likeness (QED) is 0.851. The fourth-order valence-electron chi connectivity index (χ4n) is 3.14. The van der Waals surface area contributed by atoms with E-state index in [2.05, 4.69) is 24.0 Å². The zero-order valence-electron chi connectivity index (χ0n) is 12.5. The van der Waals surface area contributed by atoms with E-state index in [1.165, 1.54) is 5.69 Å². The summed E-state index contributed by atoms with van der Waals surface area (Å²) in [5.41, 5.74) is 7.71. The van der Waals surface area contributed by atoms with E-state index in [4.69, 9.17) is 5.73 Å². The van der Waals surface area contributed by atoms with E-state index in [0.29, 0.717) is 5.91 Å². The lowest BCUT2D eigenvalue weighted by Gasteiger charge is -2.39. The topological polar surface area (TPSA) is 49.6 Å². The maximum absolute atomic E-state index is 12.7. The summed E-state index contributed by atoms with van der Waals surface area (Å²) in [5.74, 6) is 1.45. The number of rotatable bonds is 2. The summed E-state index contributed by atoms with van der Waals surface area (Å²) >= 11 is 1.83. The lowest BCUT2D eigenvalue weighted by molar-refractivity contribution is -0.133. The Labute approximate surface area is 130 Å². The summed E-state index contributed by atoms with van der Waals surface area (Å²) in [6, 6.07) is 7.98. The number of amides is 1. The molecule has 2 aliphatic rings. The first-order valence-corrected chi connectivity index (χ1v) is 8.61. The number of piperazine rings is 1. The van der Waals surface area contributed by atoms with Gasteiger partial charge in [0, 0.05) is 37.6 Å². The van der Waals surface area contributed by atoms with Crippen LogP contribution >= 0.6 is 11.8 Å². The van der Waals surface area contributed by atoms with Crippen LogP contribution in [0.1, 0.15) is 19.8 Å². The van der Waals surface area contributed by atoms with Gasteiger partial charge in [0.05, 0.1) is 4.75 Å². The summed E-state index contributed by atoms with van der Waals surface area (Å²) in [7, 11) is 0. The van der Waals surface area contributed by atoms with E-state index < -0.39 is 0 Å². The predicted octanol–water partition coefficient (Wildman–Crippen LogP) is 2.20. The Morgan fingerprint density at radius 3 is 2.43 bits per heavy atom. The molecule has 2 aliphatic heterocycles. The highest BCUT2D eigenvalue weighted by molar-refractivity contribution is 8.01. The molecule has 0 radical (unpaired) electrons. The number of carbonyl (C=O) groups is 1. The van der Waals surface area contributed by atoms with Crippen molar-refractivity contribution in [3.63, 3.8) is 0 Å².